The summed E-state index contributed by atoms with van der Waals surface area (Å²) in [5.41, 5.74) is 0.00229. The van der Waals surface area contributed by atoms with Crippen molar-refractivity contribution in [2.45, 2.75) is 0 Å². The van der Waals surface area contributed by atoms with Crippen molar-refractivity contribution in [1.29, 1.82) is 0 Å². The van der Waals surface area contributed by atoms with Crippen molar-refractivity contribution in [2.75, 3.05) is 11.0 Å². The van der Waals surface area contributed by atoms with Crippen LogP contribution in [0.25, 0.3) is 0 Å². The number of halogens is 1. The van der Waals surface area contributed by atoms with Gasteiger partial charge in [0.05, 0.1) is 0 Å². The van der Waals surface area contributed by atoms with E-state index in [1.165, 1.54) is 0 Å². The van der Waals surface area contributed by atoms with E-state index >= 15 is 0 Å². The van der Waals surface area contributed by atoms with E-state index in [1.54, 1.807) is 0 Å². The Kier molecular flexibility index (Phi) is 5.29. The average Bonchev–Trinajstić information content (AvgIpc) is 2.01. The van der Waals surface area contributed by atoms with Gasteiger partial charge in [-0.15, -0.1) is 13.2 Å². The van der Waals surface area contributed by atoms with Gasteiger partial charge in [-0.05, 0) is 0 Å². The molecule has 0 saturated carbocycles. The summed E-state index contributed by atoms with van der Waals surface area (Å²) in [6.07, 6.45) is 3.81. The van der Waals surface area contributed by atoms with Crippen molar-refractivity contribution in [3.05, 3.63) is 25.3 Å². The average molecular weight is 268 g/mol. The van der Waals surface area contributed by atoms with Gasteiger partial charge in [-0.25, -0.2) is 0 Å². The Labute approximate surface area is 79.2 Å². The zero-order valence-corrected chi connectivity index (χ0v) is 10.4. The van der Waals surface area contributed by atoms with Crippen LogP contribution in [0.1, 0.15) is 0 Å². The first-order valence-electron chi connectivity index (χ1n) is 3.07. The van der Waals surface area contributed by atoms with Gasteiger partial charge in [0.2, 0.25) is 0 Å². The molecule has 0 radical (unpaired) electrons. The second kappa shape index (κ2) is 5.09. The van der Waals surface area contributed by atoms with E-state index < -0.39 is 0 Å². The van der Waals surface area contributed by atoms with Gasteiger partial charge in [0.25, 0.3) is 0 Å². The normalized spacial score (nSPS) is 11.3. The molecule has 3 heteroatoms. The first kappa shape index (κ1) is 10.4. The predicted molar refractivity (Wildman–Crippen MR) is 57.6 cm³/mol. The van der Waals surface area contributed by atoms with Gasteiger partial charge in [0.1, 0.15) is 10.5 Å². The van der Waals surface area contributed by atoms with Gasteiger partial charge in [-0.3, -0.25) is 0 Å². The van der Waals surface area contributed by atoms with Gasteiger partial charge in [-0.2, -0.15) is 0 Å². The highest BCUT2D eigenvalue weighted by Gasteiger charge is 2.19. The third kappa shape index (κ3) is 2.55. The Morgan fingerprint density at radius 3 is 2.10 bits per heavy atom. The standard InChI is InChI=1S/C7H13IOSi/c1-3-7(4-2,5-8)6-9-10/h3-4H,1-2,5-6H2,10H3. The monoisotopic (exact) mass is 268 g/mol. The lowest BCUT2D eigenvalue weighted by atomic mass is 9.93. The number of hydrogen-bond acceptors (Lipinski definition) is 1. The Bertz CT molecular complexity index is 117. The molecule has 0 aromatic heterocycles. The van der Waals surface area contributed by atoms with Gasteiger partial charge in [-0.1, -0.05) is 34.7 Å². The Morgan fingerprint density at radius 1 is 1.50 bits per heavy atom. The minimum absolute atomic E-state index is 0.00229. The molecule has 0 saturated heterocycles. The summed E-state index contributed by atoms with van der Waals surface area (Å²) in [6, 6.07) is 0. The number of rotatable bonds is 5. The largest absolute Gasteiger partial charge is 0.427 e. The van der Waals surface area contributed by atoms with Crippen molar-refractivity contribution in [3.63, 3.8) is 0 Å². The quantitative estimate of drug-likeness (QED) is 0.314. The van der Waals surface area contributed by atoms with E-state index in [-0.39, 0.29) is 5.41 Å². The molecular formula is C7H13IOSi. The minimum atomic E-state index is 0.00229. The molecule has 0 heterocycles. The van der Waals surface area contributed by atoms with Crippen molar-refractivity contribution >= 4 is 33.1 Å². The zero-order chi connectivity index (χ0) is 8.04. The van der Waals surface area contributed by atoms with Crippen LogP contribution in [0.5, 0.6) is 0 Å². The van der Waals surface area contributed by atoms with E-state index in [0.29, 0.717) is 0 Å². The van der Waals surface area contributed by atoms with Crippen LogP contribution in [0.15, 0.2) is 25.3 Å². The summed E-state index contributed by atoms with van der Waals surface area (Å²) in [6.45, 7) is 8.24. The SMILES string of the molecule is C=CC(C=C)(CI)CO[SiH3]. The van der Waals surface area contributed by atoms with E-state index in [0.717, 1.165) is 21.5 Å². The number of hydrogen-bond donors (Lipinski definition) is 0. The third-order valence-corrected chi connectivity index (χ3v) is 3.18. The molecule has 0 N–H and O–H groups in total. The highest BCUT2D eigenvalue weighted by molar-refractivity contribution is 14.1. The molecule has 0 aliphatic rings. The highest BCUT2D eigenvalue weighted by Crippen LogP contribution is 2.22. The Balaban J connectivity index is 4.14. The number of alkyl halides is 1. The molecule has 1 nitrogen and oxygen atoms in total. The van der Waals surface area contributed by atoms with Crippen LogP contribution in [0.4, 0.5) is 0 Å². The van der Waals surface area contributed by atoms with Gasteiger partial charge < -0.3 is 4.43 Å². The molecular weight excluding hydrogens is 255 g/mol. The van der Waals surface area contributed by atoms with Crippen molar-refractivity contribution in [2.24, 2.45) is 5.41 Å². The van der Waals surface area contributed by atoms with Crippen LogP contribution in [0.3, 0.4) is 0 Å². The van der Waals surface area contributed by atoms with E-state index in [1.807, 2.05) is 12.2 Å². The molecule has 0 aromatic rings. The second-order valence-electron chi connectivity index (χ2n) is 2.21. The first-order valence-corrected chi connectivity index (χ1v) is 5.41. The van der Waals surface area contributed by atoms with Crippen molar-refractivity contribution in [1.82, 2.24) is 0 Å². The zero-order valence-electron chi connectivity index (χ0n) is 6.27. The minimum Gasteiger partial charge on any atom is -0.427 e. The smallest absolute Gasteiger partial charge is 0.146 e. The fraction of sp³-hybridized carbons (Fsp3) is 0.429. The fourth-order valence-electron chi connectivity index (χ4n) is 0.618. The van der Waals surface area contributed by atoms with Crippen molar-refractivity contribution in [3.8, 4) is 0 Å². The maximum Gasteiger partial charge on any atom is 0.146 e. The molecule has 0 rings (SSSR count). The molecule has 0 aliphatic heterocycles. The summed E-state index contributed by atoms with van der Waals surface area (Å²) in [7, 11) is 0.785. The van der Waals surface area contributed by atoms with Crippen LogP contribution in [-0.4, -0.2) is 21.5 Å². The predicted octanol–water partition coefficient (Wildman–Crippen LogP) is 1.08. The second-order valence-corrected chi connectivity index (χ2v) is 3.55. The molecule has 0 fully saturated rings. The van der Waals surface area contributed by atoms with Gasteiger partial charge in [0.15, 0.2) is 0 Å². The van der Waals surface area contributed by atoms with Crippen LogP contribution >= 0.6 is 22.6 Å². The molecule has 0 aromatic carbocycles. The summed E-state index contributed by atoms with van der Waals surface area (Å²) >= 11 is 2.32. The van der Waals surface area contributed by atoms with E-state index in [4.69, 9.17) is 4.43 Å². The molecule has 0 bridgehead atoms. The molecule has 0 aliphatic carbocycles. The third-order valence-electron chi connectivity index (χ3n) is 1.47. The summed E-state index contributed by atoms with van der Waals surface area (Å²) in [4.78, 5) is 0. The molecule has 0 amide bonds. The van der Waals surface area contributed by atoms with Crippen molar-refractivity contribution < 1.29 is 4.43 Å². The molecule has 0 unspecified atom stereocenters. The molecule has 0 atom stereocenters. The van der Waals surface area contributed by atoms with Crippen LogP contribution in [0.2, 0.25) is 0 Å². The summed E-state index contributed by atoms with van der Waals surface area (Å²) in [5, 5.41) is 0. The molecule has 58 valence electrons. The van der Waals surface area contributed by atoms with Gasteiger partial charge >= 0.3 is 0 Å². The topological polar surface area (TPSA) is 9.23 Å². The van der Waals surface area contributed by atoms with Gasteiger partial charge in [0, 0.05) is 16.4 Å². The lowest BCUT2D eigenvalue weighted by Crippen LogP contribution is -2.22. The first-order chi connectivity index (χ1) is 4.74. The maximum atomic E-state index is 5.17. The summed E-state index contributed by atoms with van der Waals surface area (Å²) in [5.74, 6) is 0. The van der Waals surface area contributed by atoms with Crippen LogP contribution in [0, 0.1) is 5.41 Å². The van der Waals surface area contributed by atoms with Crippen LogP contribution in [-0.2, 0) is 4.43 Å². The molecule has 0 spiro atoms. The lowest BCUT2D eigenvalue weighted by Gasteiger charge is -2.22. The summed E-state index contributed by atoms with van der Waals surface area (Å²) < 4.78 is 6.16. The molecule has 10 heavy (non-hydrogen) atoms. The Morgan fingerprint density at radius 2 is 2.00 bits per heavy atom. The highest BCUT2D eigenvalue weighted by atomic mass is 127. The lowest BCUT2D eigenvalue weighted by molar-refractivity contribution is 0.269. The maximum absolute atomic E-state index is 5.17. The Hall–Kier alpha value is 0.387. The van der Waals surface area contributed by atoms with E-state index in [9.17, 15) is 0 Å². The van der Waals surface area contributed by atoms with E-state index in [2.05, 4.69) is 35.7 Å². The fourth-order valence-corrected chi connectivity index (χ4v) is 2.00. The van der Waals surface area contributed by atoms with Crippen LogP contribution < -0.4 is 0 Å².